The van der Waals surface area contributed by atoms with Gasteiger partial charge >= 0.3 is 5.97 Å². The lowest BCUT2D eigenvalue weighted by Crippen LogP contribution is -2.38. The van der Waals surface area contributed by atoms with E-state index in [-0.39, 0.29) is 30.0 Å². The van der Waals surface area contributed by atoms with E-state index in [0.29, 0.717) is 0 Å². The average molecular weight is 359 g/mol. The summed E-state index contributed by atoms with van der Waals surface area (Å²) in [7, 11) is -2.89. The van der Waals surface area contributed by atoms with E-state index >= 15 is 0 Å². The molecule has 0 heterocycles. The number of carboxylic acid groups (broad SMARTS) is 1. The Bertz CT molecular complexity index is 733. The summed E-state index contributed by atoms with van der Waals surface area (Å²) in [5, 5.41) is 21.6. The molecule has 0 saturated heterocycles. The van der Waals surface area contributed by atoms with Gasteiger partial charge in [-0.3, -0.25) is 19.7 Å². The number of likely N-dealkylation sites (N-methyl/N-ethyl adjacent to an activating group) is 1. The number of non-ortho nitro benzene ring substituents is 1. The number of nitrogens with zero attached hydrogens (tertiary/aromatic N) is 2. The molecule has 11 heteroatoms. The Morgan fingerprint density at radius 2 is 2.04 bits per heavy atom. The molecule has 0 fully saturated rings. The van der Waals surface area contributed by atoms with Crippen molar-refractivity contribution in [1.82, 2.24) is 9.62 Å². The zero-order chi connectivity index (χ0) is 18.3. The Morgan fingerprint density at radius 1 is 1.38 bits per heavy atom. The maximum atomic E-state index is 12.3. The number of amides is 1. The molecular formula is C13H17N3O7S. The van der Waals surface area contributed by atoms with E-state index in [1.165, 1.54) is 19.2 Å². The monoisotopic (exact) mass is 359 g/mol. The van der Waals surface area contributed by atoms with Crippen LogP contribution in [0, 0.1) is 10.1 Å². The molecule has 1 aromatic rings. The Balaban J connectivity index is 2.70. The van der Waals surface area contributed by atoms with E-state index in [2.05, 4.69) is 5.32 Å². The smallest absolute Gasteiger partial charge is 0.303 e. The molecule has 1 rings (SSSR count). The van der Waals surface area contributed by atoms with Gasteiger partial charge in [0, 0.05) is 32.1 Å². The fourth-order valence-electron chi connectivity index (χ4n) is 1.75. The summed E-state index contributed by atoms with van der Waals surface area (Å²) >= 11 is 0. The van der Waals surface area contributed by atoms with Gasteiger partial charge in [0.05, 0.1) is 16.4 Å². The van der Waals surface area contributed by atoms with Crippen LogP contribution in [0.4, 0.5) is 5.69 Å². The number of hydrogen-bond acceptors (Lipinski definition) is 6. The molecule has 0 radical (unpaired) electrons. The van der Waals surface area contributed by atoms with Crippen LogP contribution >= 0.6 is 0 Å². The van der Waals surface area contributed by atoms with Crippen molar-refractivity contribution in [3.63, 3.8) is 0 Å². The summed E-state index contributed by atoms with van der Waals surface area (Å²) < 4.78 is 25.4. The van der Waals surface area contributed by atoms with E-state index in [0.717, 1.165) is 16.4 Å². The highest BCUT2D eigenvalue weighted by molar-refractivity contribution is 7.89. The minimum atomic E-state index is -4.06. The van der Waals surface area contributed by atoms with Gasteiger partial charge in [-0.1, -0.05) is 6.07 Å². The van der Waals surface area contributed by atoms with Gasteiger partial charge in [0.15, 0.2) is 0 Å². The van der Waals surface area contributed by atoms with Crippen LogP contribution in [0.25, 0.3) is 0 Å². The van der Waals surface area contributed by atoms with Crippen molar-refractivity contribution < 1.29 is 28.0 Å². The lowest BCUT2D eigenvalue weighted by atomic mass is 10.3. The molecule has 1 aromatic carbocycles. The molecule has 1 amide bonds. The highest BCUT2D eigenvalue weighted by Gasteiger charge is 2.24. The molecule has 24 heavy (non-hydrogen) atoms. The Kier molecular flexibility index (Phi) is 6.80. The van der Waals surface area contributed by atoms with Crippen LogP contribution in [-0.2, 0) is 19.6 Å². The second-order valence-corrected chi connectivity index (χ2v) is 6.91. The zero-order valence-electron chi connectivity index (χ0n) is 12.8. The number of aliphatic carboxylic acids is 1. The number of carbonyl (C=O) groups is 2. The van der Waals surface area contributed by atoms with Gasteiger partial charge in [0.2, 0.25) is 15.9 Å². The maximum absolute atomic E-state index is 12.3. The minimum Gasteiger partial charge on any atom is -0.481 e. The van der Waals surface area contributed by atoms with Gasteiger partial charge in [-0.2, -0.15) is 4.31 Å². The van der Waals surface area contributed by atoms with Crippen molar-refractivity contribution >= 4 is 27.6 Å². The molecule has 0 saturated carbocycles. The number of nitro groups is 1. The molecule has 0 spiro atoms. The molecule has 10 nitrogen and oxygen atoms in total. The highest BCUT2D eigenvalue weighted by atomic mass is 32.2. The van der Waals surface area contributed by atoms with E-state index in [1.807, 2.05) is 0 Å². The van der Waals surface area contributed by atoms with E-state index in [9.17, 15) is 28.1 Å². The number of nitro benzene ring substituents is 1. The predicted octanol–water partition coefficient (Wildman–Crippen LogP) is 0.196. The summed E-state index contributed by atoms with van der Waals surface area (Å²) in [4.78, 5) is 31.7. The first-order chi connectivity index (χ1) is 11.1. The van der Waals surface area contributed by atoms with Gasteiger partial charge in [0.25, 0.3) is 5.69 Å². The fourth-order valence-corrected chi connectivity index (χ4v) is 2.92. The van der Waals surface area contributed by atoms with Crippen molar-refractivity contribution in [3.05, 3.63) is 34.4 Å². The fraction of sp³-hybridized carbons (Fsp3) is 0.385. The predicted molar refractivity (Wildman–Crippen MR) is 82.8 cm³/mol. The van der Waals surface area contributed by atoms with Crippen LogP contribution < -0.4 is 5.32 Å². The zero-order valence-corrected chi connectivity index (χ0v) is 13.7. The number of nitrogens with one attached hydrogen (secondary N) is 1. The molecule has 0 aliphatic rings. The molecule has 0 aliphatic carbocycles. The second kappa shape index (κ2) is 8.36. The third-order valence-corrected chi connectivity index (χ3v) is 4.79. The van der Waals surface area contributed by atoms with Crippen LogP contribution in [0.5, 0.6) is 0 Å². The second-order valence-electron chi connectivity index (χ2n) is 4.86. The third kappa shape index (κ3) is 5.59. The van der Waals surface area contributed by atoms with Gasteiger partial charge in [0.1, 0.15) is 0 Å². The lowest BCUT2D eigenvalue weighted by Gasteiger charge is -2.16. The van der Waals surface area contributed by atoms with Crippen molar-refractivity contribution in [3.8, 4) is 0 Å². The van der Waals surface area contributed by atoms with Crippen LogP contribution in [0.2, 0.25) is 0 Å². The number of carboxylic acids is 1. The topological polar surface area (TPSA) is 147 Å². The number of hydrogen-bond donors (Lipinski definition) is 2. The van der Waals surface area contributed by atoms with E-state index in [4.69, 9.17) is 5.11 Å². The quantitative estimate of drug-likeness (QED) is 0.363. The van der Waals surface area contributed by atoms with Crippen molar-refractivity contribution in [2.75, 3.05) is 20.1 Å². The largest absolute Gasteiger partial charge is 0.481 e. The number of benzene rings is 1. The molecular weight excluding hydrogens is 342 g/mol. The van der Waals surface area contributed by atoms with Crippen LogP contribution in [0.3, 0.4) is 0 Å². The molecule has 0 aliphatic heterocycles. The molecule has 0 bridgehead atoms. The van der Waals surface area contributed by atoms with Crippen molar-refractivity contribution in [1.29, 1.82) is 0 Å². The van der Waals surface area contributed by atoms with Crippen LogP contribution in [0.1, 0.15) is 12.8 Å². The lowest BCUT2D eigenvalue weighted by molar-refractivity contribution is -0.385. The van der Waals surface area contributed by atoms with E-state index in [1.54, 1.807) is 0 Å². The molecule has 132 valence electrons. The number of carbonyl (C=O) groups excluding carboxylic acids is 1. The van der Waals surface area contributed by atoms with Gasteiger partial charge < -0.3 is 10.4 Å². The summed E-state index contributed by atoms with van der Waals surface area (Å²) in [5.74, 6) is -1.59. The average Bonchev–Trinajstić information content (AvgIpc) is 2.51. The highest BCUT2D eigenvalue weighted by Crippen LogP contribution is 2.19. The summed E-state index contributed by atoms with van der Waals surface area (Å²) in [6, 6.07) is 4.51. The minimum absolute atomic E-state index is 0.107. The van der Waals surface area contributed by atoms with Gasteiger partial charge in [-0.15, -0.1) is 0 Å². The van der Waals surface area contributed by atoms with Crippen molar-refractivity contribution in [2.45, 2.75) is 17.7 Å². The molecule has 0 atom stereocenters. The normalized spacial score (nSPS) is 11.2. The Morgan fingerprint density at radius 3 is 2.62 bits per heavy atom. The van der Waals surface area contributed by atoms with E-state index < -0.39 is 33.4 Å². The molecule has 2 N–H and O–H groups in total. The summed E-state index contributed by atoms with van der Waals surface area (Å²) in [5.41, 5.74) is -0.373. The van der Waals surface area contributed by atoms with Gasteiger partial charge in [-0.05, 0) is 12.5 Å². The first kappa shape index (κ1) is 19.5. The Hall–Kier alpha value is -2.53. The SMILES string of the molecule is CN(CC(=O)NCCCC(=O)O)S(=O)(=O)c1cccc([N+](=O)[O-])c1. The molecule has 0 aromatic heterocycles. The first-order valence-corrected chi connectivity index (χ1v) is 8.28. The van der Waals surface area contributed by atoms with Crippen molar-refractivity contribution in [2.24, 2.45) is 0 Å². The first-order valence-electron chi connectivity index (χ1n) is 6.84. The standard InChI is InChI=1S/C13H17N3O7S/c1-15(9-12(17)14-7-3-6-13(18)19)24(22,23)11-5-2-4-10(8-11)16(20)21/h2,4-5,8H,3,6-7,9H2,1H3,(H,14,17)(H,18,19). The van der Waals surface area contributed by atoms with Crippen LogP contribution in [0.15, 0.2) is 29.2 Å². The number of rotatable bonds is 9. The summed E-state index contributed by atoms with van der Waals surface area (Å²) in [6.45, 7) is -0.381. The molecule has 0 unspecified atom stereocenters. The summed E-state index contributed by atoms with van der Waals surface area (Å²) in [6.07, 6.45) is 0.116. The van der Waals surface area contributed by atoms with Crippen LogP contribution in [-0.4, -0.2) is 54.8 Å². The Labute approximate surface area is 138 Å². The van der Waals surface area contributed by atoms with Gasteiger partial charge in [-0.25, -0.2) is 8.42 Å². The third-order valence-electron chi connectivity index (χ3n) is 2.99. The number of sulfonamides is 1. The maximum Gasteiger partial charge on any atom is 0.303 e.